The van der Waals surface area contributed by atoms with Crippen molar-refractivity contribution in [1.82, 2.24) is 10.2 Å². The minimum atomic E-state index is -1.39. The van der Waals surface area contributed by atoms with E-state index in [1.165, 1.54) is 4.90 Å². The Morgan fingerprint density at radius 2 is 1.93 bits per heavy atom. The summed E-state index contributed by atoms with van der Waals surface area (Å²) in [6, 6.07) is 4.78. The van der Waals surface area contributed by atoms with Crippen LogP contribution in [0.25, 0.3) is 0 Å². The van der Waals surface area contributed by atoms with Gasteiger partial charge in [-0.05, 0) is 56.9 Å². The molecule has 1 aromatic carbocycles. The smallest absolute Gasteiger partial charge is 0.313 e. The summed E-state index contributed by atoms with van der Waals surface area (Å²) in [6.45, 7) is 5.86. The van der Waals surface area contributed by atoms with Gasteiger partial charge in [-0.2, -0.15) is 0 Å². The number of allylic oxidation sites excluding steroid dienone is 1. The summed E-state index contributed by atoms with van der Waals surface area (Å²) < 4.78 is 12.8. The molecule has 3 amide bonds. The van der Waals surface area contributed by atoms with Crippen LogP contribution in [0.2, 0.25) is 0 Å². The van der Waals surface area contributed by atoms with Gasteiger partial charge in [0.2, 0.25) is 11.8 Å². The number of carbonyl (C=O) groups excluding carboxylic acids is 4. The highest BCUT2D eigenvalue weighted by molar-refractivity contribution is 9.11. The van der Waals surface area contributed by atoms with Gasteiger partial charge in [-0.25, -0.2) is 0 Å². The second kappa shape index (κ2) is 11.7. The number of ether oxygens (including phenoxy) is 2. The number of fused-ring (bicyclic) bond motifs is 2. The number of aliphatic hydroxyl groups is 1. The predicted octanol–water partition coefficient (Wildman–Crippen LogP) is 2.29. The van der Waals surface area contributed by atoms with Gasteiger partial charge in [0.05, 0.1) is 12.5 Å². The fraction of sp³-hybridized carbons (Fsp3) is 0.533. The van der Waals surface area contributed by atoms with E-state index < -0.39 is 41.7 Å². The second-order valence-corrected chi connectivity index (χ2v) is 12.2. The molecule has 2 N–H and O–H groups in total. The highest BCUT2D eigenvalue weighted by atomic mass is 79.9. The van der Waals surface area contributed by atoms with E-state index in [1.54, 1.807) is 17.9 Å². The minimum Gasteiger partial charge on any atom is -0.460 e. The molecule has 10 nitrogen and oxygen atoms in total. The highest BCUT2D eigenvalue weighted by Gasteiger charge is 2.74. The Morgan fingerprint density at radius 1 is 1.15 bits per heavy atom. The molecule has 0 aliphatic carbocycles. The molecule has 11 heteroatoms. The number of cyclic esters (lactones) is 1. The number of amides is 3. The van der Waals surface area contributed by atoms with Crippen LogP contribution in [0, 0.1) is 25.7 Å². The van der Waals surface area contributed by atoms with Crippen LogP contribution in [0.5, 0.6) is 0 Å². The number of aryl methyl sites for hydroxylation is 2. The summed E-state index contributed by atoms with van der Waals surface area (Å²) in [5.74, 6) is -3.46. The number of nitrogens with zero attached hydrogens (tertiary/aromatic N) is 2. The molecule has 0 aromatic heterocycles. The van der Waals surface area contributed by atoms with Crippen LogP contribution in [-0.4, -0.2) is 83.8 Å². The zero-order valence-corrected chi connectivity index (χ0v) is 25.1. The quantitative estimate of drug-likeness (QED) is 0.387. The monoisotopic (exact) mass is 629 g/mol. The molecule has 5 bridgehead atoms. The van der Waals surface area contributed by atoms with E-state index in [0.717, 1.165) is 11.1 Å². The fourth-order valence-electron chi connectivity index (χ4n) is 6.39. The van der Waals surface area contributed by atoms with Crippen molar-refractivity contribution in [1.29, 1.82) is 0 Å². The number of likely N-dealkylation sites (tertiary alicyclic amines) is 1. The SMILES string of the molecule is Cc1ccc(C)c(N2C/C=C\CCC(=O)NC[C@H](C)OC(=O)[C@H]3[C@@H]4O[C@@]5(C=C4Br)[C@@H]3C(=O)N(CCCO)[C@@H]5C2=O)c1. The van der Waals surface area contributed by atoms with Crippen molar-refractivity contribution in [2.45, 2.75) is 63.9 Å². The van der Waals surface area contributed by atoms with E-state index in [9.17, 15) is 24.3 Å². The van der Waals surface area contributed by atoms with E-state index in [-0.39, 0.29) is 56.8 Å². The number of hydrogen-bond donors (Lipinski definition) is 2. The lowest BCUT2D eigenvalue weighted by molar-refractivity contribution is -0.158. The summed E-state index contributed by atoms with van der Waals surface area (Å²) in [4.78, 5) is 57.9. The minimum absolute atomic E-state index is 0.129. The number of hydrogen-bond acceptors (Lipinski definition) is 7. The molecular formula is C30H36BrN3O7. The normalized spacial score (nSPS) is 33.0. The Morgan fingerprint density at radius 3 is 2.68 bits per heavy atom. The molecule has 0 saturated carbocycles. The van der Waals surface area contributed by atoms with Crippen LogP contribution in [0.1, 0.15) is 37.3 Å². The molecule has 2 fully saturated rings. The lowest BCUT2D eigenvalue weighted by Gasteiger charge is -2.36. The Bertz CT molecular complexity index is 1310. The van der Waals surface area contributed by atoms with Gasteiger partial charge in [0, 0.05) is 36.3 Å². The maximum atomic E-state index is 14.7. The van der Waals surface area contributed by atoms with Crippen LogP contribution in [0.3, 0.4) is 0 Å². The van der Waals surface area contributed by atoms with E-state index >= 15 is 0 Å². The van der Waals surface area contributed by atoms with Gasteiger partial charge in [0.25, 0.3) is 5.91 Å². The summed E-state index contributed by atoms with van der Waals surface area (Å²) in [5, 5.41) is 12.4. The average molecular weight is 631 g/mol. The molecule has 5 rings (SSSR count). The van der Waals surface area contributed by atoms with Gasteiger partial charge in [0.15, 0.2) is 0 Å². The molecule has 41 heavy (non-hydrogen) atoms. The van der Waals surface area contributed by atoms with Gasteiger partial charge >= 0.3 is 5.97 Å². The first-order valence-electron chi connectivity index (χ1n) is 14.1. The van der Waals surface area contributed by atoms with Crippen molar-refractivity contribution >= 4 is 45.3 Å². The third-order valence-corrected chi connectivity index (χ3v) is 8.99. The zero-order chi connectivity index (χ0) is 29.5. The second-order valence-electron chi connectivity index (χ2n) is 11.2. The van der Waals surface area contributed by atoms with Crippen LogP contribution in [-0.2, 0) is 28.7 Å². The van der Waals surface area contributed by atoms with Crippen LogP contribution < -0.4 is 10.2 Å². The Kier molecular flexibility index (Phi) is 8.41. The standard InChI is InChI=1S/C30H36BrN3O7/c1-17-9-10-18(2)21(14-17)33-11-6-4-5-8-22(36)32-16-19(3)40-29(39)23-24-27(37)34(12-7-13-35)26(28(33)38)30(24)15-20(31)25(23)41-30/h4,6,9-10,14-15,19,23-26,35H,5,7-8,11-13,16H2,1-3H3,(H,32,36)/b6-4-/t19-,23+,24-,25+,26+,30-/m0/s1. The van der Waals surface area contributed by atoms with Gasteiger partial charge in [-0.3, -0.25) is 19.2 Å². The van der Waals surface area contributed by atoms with Crippen LogP contribution in [0.15, 0.2) is 40.9 Å². The third-order valence-electron chi connectivity index (χ3n) is 8.31. The Labute approximate surface area is 247 Å². The number of carbonyl (C=O) groups is 4. The molecule has 4 heterocycles. The van der Waals surface area contributed by atoms with Crippen molar-refractivity contribution in [3.8, 4) is 0 Å². The first-order valence-corrected chi connectivity index (χ1v) is 14.9. The number of benzene rings is 1. The number of anilines is 1. The van der Waals surface area contributed by atoms with E-state index in [0.29, 0.717) is 16.6 Å². The Hall–Kier alpha value is -3.02. The summed E-state index contributed by atoms with van der Waals surface area (Å²) in [7, 11) is 0. The molecular weight excluding hydrogens is 594 g/mol. The number of halogens is 1. The number of rotatable bonds is 4. The van der Waals surface area contributed by atoms with Gasteiger partial charge in [-0.15, -0.1) is 0 Å². The summed E-state index contributed by atoms with van der Waals surface area (Å²) in [5.41, 5.74) is 1.16. The molecule has 220 valence electrons. The molecule has 6 atom stereocenters. The largest absolute Gasteiger partial charge is 0.460 e. The molecule has 0 radical (unpaired) electrons. The highest BCUT2D eigenvalue weighted by Crippen LogP contribution is 2.59. The molecule has 1 aromatic rings. The van der Waals surface area contributed by atoms with Gasteiger partial charge < -0.3 is 29.7 Å². The van der Waals surface area contributed by atoms with Gasteiger partial charge in [-0.1, -0.05) is 40.2 Å². The summed E-state index contributed by atoms with van der Waals surface area (Å²) in [6.07, 6.45) is 5.06. The molecule has 4 aliphatic rings. The molecule has 0 unspecified atom stereocenters. The fourth-order valence-corrected chi connectivity index (χ4v) is 7.12. The first-order chi connectivity index (χ1) is 19.6. The van der Waals surface area contributed by atoms with Crippen molar-refractivity contribution in [2.24, 2.45) is 11.8 Å². The van der Waals surface area contributed by atoms with E-state index in [4.69, 9.17) is 9.47 Å². The average Bonchev–Trinajstić information content (AvgIpc) is 3.52. The maximum Gasteiger partial charge on any atom is 0.313 e. The lowest BCUT2D eigenvalue weighted by atomic mass is 9.74. The molecule has 1 spiro atoms. The first kappa shape index (κ1) is 29.5. The lowest BCUT2D eigenvalue weighted by Crippen LogP contribution is -2.56. The number of aliphatic hydroxyl groups excluding tert-OH is 1. The van der Waals surface area contributed by atoms with E-state index in [1.807, 2.05) is 44.2 Å². The van der Waals surface area contributed by atoms with Crippen LogP contribution in [0.4, 0.5) is 5.69 Å². The number of nitrogens with one attached hydrogen (secondary N) is 1. The summed E-state index contributed by atoms with van der Waals surface area (Å²) >= 11 is 3.54. The molecule has 4 aliphatic heterocycles. The van der Waals surface area contributed by atoms with Crippen molar-refractivity contribution < 1.29 is 33.8 Å². The third kappa shape index (κ3) is 5.23. The Balaban J connectivity index is 1.64. The maximum absolute atomic E-state index is 14.7. The number of esters is 1. The van der Waals surface area contributed by atoms with Crippen molar-refractivity contribution in [3.63, 3.8) is 0 Å². The van der Waals surface area contributed by atoms with Crippen molar-refractivity contribution in [2.75, 3.05) is 31.1 Å². The zero-order valence-electron chi connectivity index (χ0n) is 23.5. The van der Waals surface area contributed by atoms with Gasteiger partial charge in [0.1, 0.15) is 29.8 Å². The topological polar surface area (TPSA) is 125 Å². The van der Waals surface area contributed by atoms with Crippen molar-refractivity contribution in [3.05, 3.63) is 52.0 Å². The van der Waals surface area contributed by atoms with Crippen LogP contribution >= 0.6 is 15.9 Å². The molecule has 2 saturated heterocycles. The van der Waals surface area contributed by atoms with E-state index in [2.05, 4.69) is 21.2 Å². The predicted molar refractivity (Wildman–Crippen MR) is 154 cm³/mol.